The van der Waals surface area contributed by atoms with Crippen LogP contribution < -0.4 is 5.32 Å². The van der Waals surface area contributed by atoms with Crippen molar-refractivity contribution in [2.24, 2.45) is 0 Å². The van der Waals surface area contributed by atoms with Crippen LogP contribution >= 0.6 is 0 Å². The van der Waals surface area contributed by atoms with Gasteiger partial charge in [0, 0.05) is 32.3 Å². The number of aromatic nitrogens is 2. The summed E-state index contributed by atoms with van der Waals surface area (Å²) in [7, 11) is 1.78. The lowest BCUT2D eigenvalue weighted by molar-refractivity contribution is -0.132. The van der Waals surface area contributed by atoms with Crippen LogP contribution in [0.25, 0.3) is 0 Å². The largest absolute Gasteiger partial charge is 0.350 e. The van der Waals surface area contributed by atoms with Crippen LogP contribution in [0.4, 0.5) is 5.95 Å². The second-order valence-corrected chi connectivity index (χ2v) is 4.03. The number of anilines is 1. The van der Waals surface area contributed by atoms with Crippen molar-refractivity contribution >= 4 is 11.9 Å². The molecule has 1 unspecified atom stereocenters. The van der Waals surface area contributed by atoms with Crippen LogP contribution in [0, 0.1) is 11.3 Å². The maximum Gasteiger partial charge on any atom is 0.224 e. The molecule has 17 heavy (non-hydrogen) atoms. The van der Waals surface area contributed by atoms with E-state index in [0.29, 0.717) is 24.6 Å². The van der Waals surface area contributed by atoms with Gasteiger partial charge in [-0.2, -0.15) is 5.26 Å². The van der Waals surface area contributed by atoms with E-state index >= 15 is 0 Å². The summed E-state index contributed by atoms with van der Waals surface area (Å²) in [6.45, 7) is 0.638. The fourth-order valence-electron chi connectivity index (χ4n) is 1.80. The van der Waals surface area contributed by atoms with Crippen molar-refractivity contribution in [3.05, 3.63) is 18.0 Å². The number of rotatable bonds is 2. The first-order chi connectivity index (χ1) is 8.19. The minimum Gasteiger partial charge on any atom is -0.350 e. The first kappa shape index (κ1) is 11.3. The molecule has 1 aliphatic rings. The van der Waals surface area contributed by atoms with E-state index in [9.17, 15) is 4.79 Å². The number of likely N-dealkylation sites (tertiary alicyclic amines) is 1. The Morgan fingerprint density at radius 1 is 1.65 bits per heavy atom. The number of amides is 1. The lowest BCUT2D eigenvalue weighted by Gasteiger charge is -2.30. The number of nitrogens with one attached hydrogen (secondary N) is 1. The molecule has 1 fully saturated rings. The number of hydrogen-bond donors (Lipinski definition) is 1. The third-order valence-electron chi connectivity index (χ3n) is 2.73. The van der Waals surface area contributed by atoms with Gasteiger partial charge < -0.3 is 10.2 Å². The molecule has 6 heteroatoms. The Balaban J connectivity index is 2.01. The molecule has 1 aliphatic heterocycles. The number of likely N-dealkylation sites (N-methyl/N-ethyl adjacent to an activating group) is 1. The van der Waals surface area contributed by atoms with Crippen molar-refractivity contribution in [1.29, 1.82) is 5.26 Å². The van der Waals surface area contributed by atoms with E-state index in [4.69, 9.17) is 5.26 Å². The molecule has 0 saturated carbocycles. The molecular formula is C11H13N5O. The van der Waals surface area contributed by atoms with E-state index in [0.717, 1.165) is 6.42 Å². The van der Waals surface area contributed by atoms with E-state index in [-0.39, 0.29) is 11.9 Å². The molecule has 6 nitrogen and oxygen atoms in total. The number of nitrogens with zero attached hydrogens (tertiary/aromatic N) is 4. The van der Waals surface area contributed by atoms with Gasteiger partial charge in [-0.1, -0.05) is 0 Å². The number of carbonyl (C=O) groups excluding carboxylic acids is 1. The Hall–Kier alpha value is -2.16. The van der Waals surface area contributed by atoms with Gasteiger partial charge in [-0.05, 0) is 12.5 Å². The lowest BCUT2D eigenvalue weighted by atomic mass is 10.1. The summed E-state index contributed by atoms with van der Waals surface area (Å²) in [5, 5.41) is 11.9. The third kappa shape index (κ3) is 2.69. The van der Waals surface area contributed by atoms with Gasteiger partial charge in [0.2, 0.25) is 11.9 Å². The molecule has 0 spiro atoms. The molecule has 2 heterocycles. The Labute approximate surface area is 99.3 Å². The zero-order chi connectivity index (χ0) is 12.3. The molecule has 1 saturated heterocycles. The molecular weight excluding hydrogens is 218 g/mol. The fourth-order valence-corrected chi connectivity index (χ4v) is 1.80. The first-order valence-corrected chi connectivity index (χ1v) is 5.42. The molecule has 1 atom stereocenters. The van der Waals surface area contributed by atoms with Crippen LogP contribution in [0.3, 0.4) is 0 Å². The number of hydrogen-bond acceptors (Lipinski definition) is 5. The summed E-state index contributed by atoms with van der Waals surface area (Å²) in [5.41, 5.74) is 0.336. The molecule has 0 aliphatic carbocycles. The standard InChI is InChI=1S/C11H13N5O/c1-16-7-9(2-3-10(16)17)15-11-13-5-4-8(6-12)14-11/h4-5,9H,2-3,7H2,1H3,(H,13,14,15). The van der Waals surface area contributed by atoms with Gasteiger partial charge in [-0.3, -0.25) is 4.79 Å². The van der Waals surface area contributed by atoms with E-state index in [1.807, 2.05) is 6.07 Å². The predicted octanol–water partition coefficient (Wildman–Crippen LogP) is 0.381. The quantitative estimate of drug-likeness (QED) is 0.795. The van der Waals surface area contributed by atoms with Crippen molar-refractivity contribution in [2.45, 2.75) is 18.9 Å². The van der Waals surface area contributed by atoms with Gasteiger partial charge in [-0.15, -0.1) is 0 Å². The van der Waals surface area contributed by atoms with E-state index in [1.165, 1.54) is 0 Å². The monoisotopic (exact) mass is 231 g/mol. The van der Waals surface area contributed by atoms with Crippen molar-refractivity contribution in [1.82, 2.24) is 14.9 Å². The number of nitriles is 1. The Morgan fingerprint density at radius 2 is 2.47 bits per heavy atom. The van der Waals surface area contributed by atoms with Gasteiger partial charge in [0.15, 0.2) is 0 Å². The van der Waals surface area contributed by atoms with Crippen molar-refractivity contribution in [3.63, 3.8) is 0 Å². The SMILES string of the molecule is CN1CC(Nc2nccc(C#N)n2)CCC1=O. The molecule has 1 N–H and O–H groups in total. The highest BCUT2D eigenvalue weighted by Gasteiger charge is 2.23. The average Bonchev–Trinajstić information content (AvgIpc) is 2.34. The van der Waals surface area contributed by atoms with E-state index in [2.05, 4.69) is 15.3 Å². The topological polar surface area (TPSA) is 81.9 Å². The third-order valence-corrected chi connectivity index (χ3v) is 2.73. The predicted molar refractivity (Wildman–Crippen MR) is 61.0 cm³/mol. The Bertz CT molecular complexity index is 467. The van der Waals surface area contributed by atoms with Crippen LogP contribution in [0.15, 0.2) is 12.3 Å². The zero-order valence-electron chi connectivity index (χ0n) is 9.55. The second-order valence-electron chi connectivity index (χ2n) is 4.03. The van der Waals surface area contributed by atoms with E-state index < -0.39 is 0 Å². The first-order valence-electron chi connectivity index (χ1n) is 5.42. The maximum atomic E-state index is 11.3. The van der Waals surface area contributed by atoms with Gasteiger partial charge in [0.1, 0.15) is 11.8 Å². The normalized spacial score (nSPS) is 19.9. The molecule has 1 aromatic rings. The van der Waals surface area contributed by atoms with Gasteiger partial charge in [0.05, 0.1) is 0 Å². The van der Waals surface area contributed by atoms with Crippen LogP contribution in [0.1, 0.15) is 18.5 Å². The van der Waals surface area contributed by atoms with Crippen LogP contribution in [-0.4, -0.2) is 40.4 Å². The molecule has 1 aromatic heterocycles. The molecule has 0 bridgehead atoms. The minimum atomic E-state index is 0.145. The number of piperidine rings is 1. The molecule has 88 valence electrons. The highest BCUT2D eigenvalue weighted by molar-refractivity contribution is 5.76. The Morgan fingerprint density at radius 3 is 3.18 bits per heavy atom. The Kier molecular flexibility index (Phi) is 3.19. The zero-order valence-corrected chi connectivity index (χ0v) is 9.55. The second kappa shape index (κ2) is 4.78. The summed E-state index contributed by atoms with van der Waals surface area (Å²) in [6, 6.07) is 3.67. The summed E-state index contributed by atoms with van der Waals surface area (Å²) in [6.07, 6.45) is 2.85. The highest BCUT2D eigenvalue weighted by atomic mass is 16.2. The average molecular weight is 231 g/mol. The van der Waals surface area contributed by atoms with Crippen LogP contribution in [-0.2, 0) is 4.79 Å². The minimum absolute atomic E-state index is 0.145. The summed E-state index contributed by atoms with van der Waals surface area (Å²) in [4.78, 5) is 21.1. The van der Waals surface area contributed by atoms with Gasteiger partial charge in [0.25, 0.3) is 0 Å². The lowest BCUT2D eigenvalue weighted by Crippen LogP contribution is -2.43. The highest BCUT2D eigenvalue weighted by Crippen LogP contribution is 2.13. The summed E-state index contributed by atoms with van der Waals surface area (Å²) < 4.78 is 0. The van der Waals surface area contributed by atoms with Crippen LogP contribution in [0.5, 0.6) is 0 Å². The smallest absolute Gasteiger partial charge is 0.224 e. The molecule has 2 rings (SSSR count). The van der Waals surface area contributed by atoms with E-state index in [1.54, 1.807) is 24.2 Å². The van der Waals surface area contributed by atoms with Crippen LogP contribution in [0.2, 0.25) is 0 Å². The fraction of sp³-hybridized carbons (Fsp3) is 0.455. The van der Waals surface area contributed by atoms with Gasteiger partial charge >= 0.3 is 0 Å². The maximum absolute atomic E-state index is 11.3. The summed E-state index contributed by atoms with van der Waals surface area (Å²) in [5.74, 6) is 0.603. The molecule has 1 amide bonds. The molecule has 0 radical (unpaired) electrons. The van der Waals surface area contributed by atoms with Crippen molar-refractivity contribution in [3.8, 4) is 6.07 Å². The molecule has 0 aromatic carbocycles. The number of carbonyl (C=O) groups is 1. The van der Waals surface area contributed by atoms with Crippen molar-refractivity contribution in [2.75, 3.05) is 18.9 Å². The van der Waals surface area contributed by atoms with Gasteiger partial charge in [-0.25, -0.2) is 9.97 Å². The van der Waals surface area contributed by atoms with Crippen molar-refractivity contribution < 1.29 is 4.79 Å². The summed E-state index contributed by atoms with van der Waals surface area (Å²) >= 11 is 0.